The molecular formula is C21H23N3O2S. The van der Waals surface area contributed by atoms with Crippen LogP contribution in [-0.4, -0.2) is 32.5 Å². The van der Waals surface area contributed by atoms with E-state index in [1.807, 2.05) is 32.0 Å². The van der Waals surface area contributed by atoms with E-state index in [1.54, 1.807) is 18.1 Å². The smallest absolute Gasteiger partial charge is 0.163 e. The highest BCUT2D eigenvalue weighted by atomic mass is 32.2. The van der Waals surface area contributed by atoms with E-state index in [4.69, 9.17) is 9.47 Å². The van der Waals surface area contributed by atoms with Gasteiger partial charge in [-0.25, -0.2) is 9.97 Å². The molecule has 1 saturated carbocycles. The Morgan fingerprint density at radius 2 is 1.85 bits per heavy atom. The Bertz CT molecular complexity index is 972. The molecule has 0 bridgehead atoms. The van der Waals surface area contributed by atoms with E-state index in [-0.39, 0.29) is 18.2 Å². The summed E-state index contributed by atoms with van der Waals surface area (Å²) in [5, 5.41) is 2.07. The minimum atomic E-state index is -0.519. The number of rotatable bonds is 3. The van der Waals surface area contributed by atoms with Crippen LogP contribution in [0.4, 0.5) is 0 Å². The molecule has 27 heavy (non-hydrogen) atoms. The Balaban J connectivity index is 1.51. The highest BCUT2D eigenvalue weighted by Gasteiger charge is 2.53. The summed E-state index contributed by atoms with van der Waals surface area (Å²) >= 11 is 1.67. The first-order valence-electron chi connectivity index (χ1n) is 9.42. The molecule has 1 aromatic carbocycles. The largest absolute Gasteiger partial charge is 0.344 e. The van der Waals surface area contributed by atoms with Crippen LogP contribution in [0.2, 0.25) is 0 Å². The Kier molecular flexibility index (Phi) is 4.04. The van der Waals surface area contributed by atoms with Gasteiger partial charge < -0.3 is 14.0 Å². The third kappa shape index (κ3) is 2.96. The van der Waals surface area contributed by atoms with Crippen molar-refractivity contribution in [1.82, 2.24) is 14.5 Å². The highest BCUT2D eigenvalue weighted by molar-refractivity contribution is 7.99. The summed E-state index contributed by atoms with van der Waals surface area (Å²) in [4.78, 5) is 10.3. The summed E-state index contributed by atoms with van der Waals surface area (Å²) in [6.07, 6.45) is 5.02. The number of nitrogens with zero attached hydrogens (tertiary/aromatic N) is 3. The molecule has 2 aromatic heterocycles. The summed E-state index contributed by atoms with van der Waals surface area (Å²) in [7, 11) is 0. The Morgan fingerprint density at radius 1 is 1.07 bits per heavy atom. The van der Waals surface area contributed by atoms with Gasteiger partial charge in [-0.05, 0) is 44.4 Å². The van der Waals surface area contributed by atoms with Crippen LogP contribution in [0.15, 0.2) is 58.8 Å². The molecule has 0 radical (unpaired) electrons. The van der Waals surface area contributed by atoms with Gasteiger partial charge >= 0.3 is 0 Å². The van der Waals surface area contributed by atoms with E-state index in [0.717, 1.165) is 22.5 Å². The molecule has 0 N–H and O–H groups in total. The number of aromatic nitrogens is 3. The molecule has 2 fully saturated rings. The lowest BCUT2D eigenvalue weighted by Crippen LogP contribution is -2.27. The molecule has 0 unspecified atom stereocenters. The zero-order valence-electron chi connectivity index (χ0n) is 15.7. The topological polar surface area (TPSA) is 49.2 Å². The van der Waals surface area contributed by atoms with Crippen molar-refractivity contribution in [3.05, 3.63) is 48.9 Å². The minimum Gasteiger partial charge on any atom is -0.344 e. The van der Waals surface area contributed by atoms with Crippen molar-refractivity contribution in [2.24, 2.45) is 5.92 Å². The van der Waals surface area contributed by atoms with Crippen LogP contribution in [0.1, 0.15) is 33.2 Å². The number of ether oxygens (including phenoxy) is 2. The van der Waals surface area contributed by atoms with E-state index >= 15 is 0 Å². The van der Waals surface area contributed by atoms with E-state index in [2.05, 4.69) is 45.9 Å². The highest BCUT2D eigenvalue weighted by Crippen LogP contribution is 2.47. The van der Waals surface area contributed by atoms with Gasteiger partial charge in [-0.1, -0.05) is 36.9 Å². The van der Waals surface area contributed by atoms with Crippen LogP contribution < -0.4 is 0 Å². The van der Waals surface area contributed by atoms with Gasteiger partial charge in [0.2, 0.25) is 0 Å². The quantitative estimate of drug-likeness (QED) is 0.616. The summed E-state index contributed by atoms with van der Waals surface area (Å²) in [6, 6.07) is 12.7. The van der Waals surface area contributed by atoms with Crippen LogP contribution >= 0.6 is 11.8 Å². The zero-order valence-corrected chi connectivity index (χ0v) is 16.5. The standard InChI is InChI=1S/C21H23N3O2S/c1-13-11-16(18-17(13)25-21(2,3)26-18)24-10-9-15-19(24)22-12-23-20(15)27-14-7-5-4-6-8-14/h4-10,12-13,16-18H,11H2,1-3H3/t13-,16-,17-,18+/m1/s1. The molecule has 5 nitrogen and oxygen atoms in total. The summed E-state index contributed by atoms with van der Waals surface area (Å²) < 4.78 is 14.7. The second kappa shape index (κ2) is 6.33. The molecule has 6 heteroatoms. The number of hydrogen-bond donors (Lipinski definition) is 0. The molecular weight excluding hydrogens is 358 g/mol. The Morgan fingerprint density at radius 3 is 2.67 bits per heavy atom. The Hall–Kier alpha value is -1.89. The van der Waals surface area contributed by atoms with Gasteiger partial charge in [-0.15, -0.1) is 0 Å². The van der Waals surface area contributed by atoms with Crippen LogP contribution in [0, 0.1) is 5.92 Å². The van der Waals surface area contributed by atoms with E-state index in [0.29, 0.717) is 5.92 Å². The molecule has 3 heterocycles. The van der Waals surface area contributed by atoms with Crippen molar-refractivity contribution in [3.8, 4) is 0 Å². The van der Waals surface area contributed by atoms with Gasteiger partial charge in [0.25, 0.3) is 0 Å². The molecule has 1 aliphatic carbocycles. The number of fused-ring (bicyclic) bond motifs is 2. The van der Waals surface area contributed by atoms with E-state index < -0.39 is 5.79 Å². The average Bonchev–Trinajstić information content (AvgIpc) is 3.29. The molecule has 1 saturated heterocycles. The Labute approximate surface area is 163 Å². The molecule has 140 valence electrons. The SMILES string of the molecule is C[C@@H]1C[C@@H](n2ccc3c(Sc4ccccc4)ncnc32)[C@@H]2OC(C)(C)O[C@@H]21. The lowest BCUT2D eigenvalue weighted by molar-refractivity contribution is -0.159. The number of hydrogen-bond acceptors (Lipinski definition) is 5. The molecule has 1 aliphatic heterocycles. The third-order valence-corrected chi connectivity index (χ3v) is 6.53. The van der Waals surface area contributed by atoms with Crippen molar-refractivity contribution in [2.75, 3.05) is 0 Å². The normalized spacial score (nSPS) is 29.3. The monoisotopic (exact) mass is 381 g/mol. The predicted octanol–water partition coefficient (Wildman–Crippen LogP) is 4.68. The van der Waals surface area contributed by atoms with Crippen LogP contribution in [-0.2, 0) is 9.47 Å². The van der Waals surface area contributed by atoms with Crippen molar-refractivity contribution < 1.29 is 9.47 Å². The molecule has 0 spiro atoms. The maximum atomic E-state index is 6.26. The first-order chi connectivity index (χ1) is 13.0. The minimum absolute atomic E-state index is 0.0609. The van der Waals surface area contributed by atoms with Gasteiger partial charge in [0.1, 0.15) is 23.1 Å². The fourth-order valence-corrected chi connectivity index (χ4v) is 5.26. The lowest BCUT2D eigenvalue weighted by atomic mass is 10.1. The third-order valence-electron chi connectivity index (χ3n) is 5.50. The first kappa shape index (κ1) is 17.2. The van der Waals surface area contributed by atoms with Crippen LogP contribution in [0.25, 0.3) is 11.0 Å². The maximum Gasteiger partial charge on any atom is 0.163 e. The van der Waals surface area contributed by atoms with Crippen LogP contribution in [0.5, 0.6) is 0 Å². The van der Waals surface area contributed by atoms with Gasteiger partial charge in [0, 0.05) is 11.1 Å². The second-order valence-corrected chi connectivity index (χ2v) is 8.96. The molecule has 0 amide bonds. The zero-order chi connectivity index (χ0) is 18.6. The van der Waals surface area contributed by atoms with Gasteiger partial charge in [-0.3, -0.25) is 0 Å². The molecule has 2 aliphatic rings. The summed E-state index contributed by atoms with van der Waals surface area (Å²) in [5.41, 5.74) is 0.967. The van der Waals surface area contributed by atoms with Crippen LogP contribution in [0.3, 0.4) is 0 Å². The van der Waals surface area contributed by atoms with E-state index in [9.17, 15) is 0 Å². The fraction of sp³-hybridized carbons (Fsp3) is 0.429. The maximum absolute atomic E-state index is 6.26. The van der Waals surface area contributed by atoms with Crippen molar-refractivity contribution in [3.63, 3.8) is 0 Å². The molecule has 5 rings (SSSR count). The second-order valence-electron chi connectivity index (χ2n) is 7.90. The lowest BCUT2D eigenvalue weighted by Gasteiger charge is -2.23. The summed E-state index contributed by atoms with van der Waals surface area (Å²) in [5.74, 6) is -0.0617. The van der Waals surface area contributed by atoms with Gasteiger partial charge in [0.15, 0.2) is 5.79 Å². The average molecular weight is 382 g/mol. The van der Waals surface area contributed by atoms with Gasteiger partial charge in [-0.2, -0.15) is 0 Å². The predicted molar refractivity (Wildman–Crippen MR) is 105 cm³/mol. The molecule has 4 atom stereocenters. The first-order valence-corrected chi connectivity index (χ1v) is 10.2. The van der Waals surface area contributed by atoms with Crippen molar-refractivity contribution in [2.45, 2.75) is 61.2 Å². The van der Waals surface area contributed by atoms with E-state index in [1.165, 1.54) is 4.90 Å². The van der Waals surface area contributed by atoms with Crippen molar-refractivity contribution in [1.29, 1.82) is 0 Å². The fourth-order valence-electron chi connectivity index (χ4n) is 4.37. The van der Waals surface area contributed by atoms with Crippen molar-refractivity contribution >= 4 is 22.8 Å². The number of benzene rings is 1. The summed E-state index contributed by atoms with van der Waals surface area (Å²) in [6.45, 7) is 6.25. The van der Waals surface area contributed by atoms with Gasteiger partial charge in [0.05, 0.1) is 17.5 Å². The molecule has 3 aromatic rings.